The van der Waals surface area contributed by atoms with Gasteiger partial charge in [0.25, 0.3) is 5.91 Å². The summed E-state index contributed by atoms with van der Waals surface area (Å²) in [5.74, 6) is -1.29. The number of ether oxygens (including phenoxy) is 1. The Hall–Kier alpha value is -3.17. The Kier molecular flexibility index (Phi) is 10.2. The summed E-state index contributed by atoms with van der Waals surface area (Å²) in [5.41, 5.74) is 0.707. The number of thiol groups is 1. The molecule has 0 radical (unpaired) electrons. The fraction of sp³-hybridized carbons (Fsp3) is 0.346. The number of aromatic hydroxyl groups is 1. The Morgan fingerprint density at radius 1 is 1.22 bits per heavy atom. The van der Waals surface area contributed by atoms with Gasteiger partial charge < -0.3 is 25.4 Å². The highest BCUT2D eigenvalue weighted by Gasteiger charge is 2.36. The monoisotopic (exact) mass is 533 g/mol. The Balaban J connectivity index is 2.49. The van der Waals surface area contributed by atoms with Gasteiger partial charge in [0, 0.05) is 12.3 Å². The van der Waals surface area contributed by atoms with Crippen molar-refractivity contribution in [2.75, 3.05) is 17.6 Å². The van der Waals surface area contributed by atoms with Gasteiger partial charge in [-0.2, -0.15) is 12.6 Å². The highest BCUT2D eigenvalue weighted by Crippen LogP contribution is 2.30. The second-order valence-corrected chi connectivity index (χ2v) is 9.85. The third kappa shape index (κ3) is 7.93. The number of aryl methyl sites for hydroxylation is 1. The number of benzene rings is 2. The van der Waals surface area contributed by atoms with Crippen LogP contribution < -0.4 is 10.6 Å². The van der Waals surface area contributed by atoms with Gasteiger partial charge in [0.15, 0.2) is 0 Å². The fourth-order valence-corrected chi connectivity index (χ4v) is 3.96. The lowest BCUT2D eigenvalue weighted by molar-refractivity contribution is -0.139. The van der Waals surface area contributed by atoms with E-state index in [0.717, 1.165) is 5.56 Å². The summed E-state index contributed by atoms with van der Waals surface area (Å²) in [6.45, 7) is 10.6. The minimum atomic E-state index is -1.19. The SMILES string of the molecule is C=CCN(C(=O)C(CS)NC(=O)OC(C)(C)C)C(C(=O)Nc1c(C)cccc1Cl)c1cccc(O)c1. The van der Waals surface area contributed by atoms with E-state index in [2.05, 4.69) is 29.8 Å². The van der Waals surface area contributed by atoms with Crippen molar-refractivity contribution in [3.8, 4) is 5.75 Å². The second kappa shape index (κ2) is 12.7. The van der Waals surface area contributed by atoms with Crippen LogP contribution in [0.1, 0.15) is 37.9 Å². The molecule has 0 fully saturated rings. The van der Waals surface area contributed by atoms with E-state index >= 15 is 0 Å². The summed E-state index contributed by atoms with van der Waals surface area (Å²) in [5, 5.41) is 15.8. The van der Waals surface area contributed by atoms with Crippen LogP contribution in [-0.2, 0) is 14.3 Å². The number of carbonyl (C=O) groups excluding carboxylic acids is 3. The zero-order valence-corrected chi connectivity index (χ0v) is 22.4. The molecule has 0 saturated carbocycles. The maximum atomic E-state index is 13.7. The third-order valence-corrected chi connectivity index (χ3v) is 5.68. The van der Waals surface area contributed by atoms with Crippen molar-refractivity contribution in [3.05, 3.63) is 71.3 Å². The Bertz CT molecular complexity index is 1100. The molecule has 3 N–H and O–H groups in total. The van der Waals surface area contributed by atoms with Gasteiger partial charge in [0.2, 0.25) is 5.91 Å². The Labute approximate surface area is 222 Å². The third-order valence-electron chi connectivity index (χ3n) is 5.00. The zero-order chi connectivity index (χ0) is 27.0. The number of amides is 3. The quantitative estimate of drug-likeness (QED) is 0.272. The van der Waals surface area contributed by atoms with Crippen molar-refractivity contribution in [2.45, 2.75) is 45.4 Å². The predicted molar refractivity (Wildman–Crippen MR) is 145 cm³/mol. The van der Waals surface area contributed by atoms with E-state index in [-0.39, 0.29) is 18.0 Å². The van der Waals surface area contributed by atoms with Crippen LogP contribution in [0.3, 0.4) is 0 Å². The first-order chi connectivity index (χ1) is 16.9. The molecular formula is C26H32ClN3O5S. The average Bonchev–Trinajstić information content (AvgIpc) is 2.78. The lowest BCUT2D eigenvalue weighted by Gasteiger charge is -2.33. The Morgan fingerprint density at radius 2 is 1.89 bits per heavy atom. The summed E-state index contributed by atoms with van der Waals surface area (Å²) in [4.78, 5) is 40.9. The van der Waals surface area contributed by atoms with Crippen molar-refractivity contribution in [3.63, 3.8) is 0 Å². The molecule has 0 bridgehead atoms. The predicted octanol–water partition coefficient (Wildman–Crippen LogP) is 4.87. The summed E-state index contributed by atoms with van der Waals surface area (Å²) < 4.78 is 5.27. The maximum absolute atomic E-state index is 13.7. The topological polar surface area (TPSA) is 108 Å². The minimum absolute atomic E-state index is 0.0334. The maximum Gasteiger partial charge on any atom is 0.408 e. The van der Waals surface area contributed by atoms with Crippen LogP contribution in [0.25, 0.3) is 0 Å². The highest BCUT2D eigenvalue weighted by molar-refractivity contribution is 7.80. The van der Waals surface area contributed by atoms with Gasteiger partial charge in [0.05, 0.1) is 10.7 Å². The van der Waals surface area contributed by atoms with Crippen molar-refractivity contribution in [1.82, 2.24) is 10.2 Å². The van der Waals surface area contributed by atoms with E-state index in [1.165, 1.54) is 23.1 Å². The van der Waals surface area contributed by atoms with Crippen LogP contribution in [0, 0.1) is 6.92 Å². The number of phenolic OH excluding ortho intramolecular Hbond substituents is 1. The number of rotatable bonds is 9. The van der Waals surface area contributed by atoms with Gasteiger partial charge in [-0.05, 0) is 57.0 Å². The number of nitrogens with one attached hydrogen (secondary N) is 2. The summed E-state index contributed by atoms with van der Waals surface area (Å²) in [6.07, 6.45) is 0.670. The molecule has 2 unspecified atom stereocenters. The average molecular weight is 534 g/mol. The van der Waals surface area contributed by atoms with E-state index < -0.39 is 35.6 Å². The van der Waals surface area contributed by atoms with E-state index in [0.29, 0.717) is 16.3 Å². The smallest absolute Gasteiger partial charge is 0.408 e. The molecule has 10 heteroatoms. The number of hydrogen-bond acceptors (Lipinski definition) is 6. The zero-order valence-electron chi connectivity index (χ0n) is 20.7. The van der Waals surface area contributed by atoms with Gasteiger partial charge >= 0.3 is 6.09 Å². The van der Waals surface area contributed by atoms with Gasteiger partial charge in [-0.15, -0.1) is 6.58 Å². The fourth-order valence-electron chi connectivity index (χ4n) is 3.45. The molecule has 2 aromatic rings. The van der Waals surface area contributed by atoms with Crippen LogP contribution in [-0.4, -0.2) is 51.9 Å². The molecule has 2 atom stereocenters. The summed E-state index contributed by atoms with van der Waals surface area (Å²) >= 11 is 10.5. The molecule has 0 aliphatic rings. The molecule has 8 nitrogen and oxygen atoms in total. The second-order valence-electron chi connectivity index (χ2n) is 9.08. The van der Waals surface area contributed by atoms with Gasteiger partial charge in [-0.1, -0.05) is 41.9 Å². The number of phenols is 1. The van der Waals surface area contributed by atoms with Gasteiger partial charge in [0.1, 0.15) is 23.4 Å². The molecule has 0 saturated heterocycles. The molecule has 2 aromatic carbocycles. The molecule has 194 valence electrons. The lowest BCUT2D eigenvalue weighted by atomic mass is 10.0. The van der Waals surface area contributed by atoms with E-state index in [9.17, 15) is 19.5 Å². The molecular weight excluding hydrogens is 502 g/mol. The number of anilines is 1. The van der Waals surface area contributed by atoms with E-state index in [1.54, 1.807) is 58.0 Å². The van der Waals surface area contributed by atoms with Crippen LogP contribution in [0.2, 0.25) is 5.02 Å². The first-order valence-corrected chi connectivity index (χ1v) is 12.3. The molecule has 0 spiro atoms. The van der Waals surface area contributed by atoms with Crippen molar-refractivity contribution < 1.29 is 24.2 Å². The van der Waals surface area contributed by atoms with Crippen molar-refractivity contribution >= 4 is 47.8 Å². The number of halogens is 1. The van der Waals surface area contributed by atoms with E-state index in [1.807, 2.05) is 0 Å². The van der Waals surface area contributed by atoms with Crippen LogP contribution in [0.15, 0.2) is 55.1 Å². The largest absolute Gasteiger partial charge is 0.508 e. The van der Waals surface area contributed by atoms with Gasteiger partial charge in [-0.25, -0.2) is 4.79 Å². The van der Waals surface area contributed by atoms with Gasteiger partial charge in [-0.3, -0.25) is 9.59 Å². The summed E-state index contributed by atoms with van der Waals surface area (Å²) in [6, 6.07) is 8.93. The number of carbonyl (C=O) groups is 3. The number of alkyl carbamates (subject to hydrolysis) is 1. The molecule has 0 aliphatic heterocycles. The Morgan fingerprint density at radius 3 is 2.44 bits per heavy atom. The van der Waals surface area contributed by atoms with E-state index in [4.69, 9.17) is 16.3 Å². The lowest BCUT2D eigenvalue weighted by Crippen LogP contribution is -2.53. The standard InChI is InChI=1S/C26H32ClN3O5S/c1-6-13-30(24(33)20(15-36)28-25(34)35-26(3,4)5)22(17-10-8-11-18(31)14-17)23(32)29-21-16(2)9-7-12-19(21)27/h6-12,14,20,22,31,36H,1,13,15H2,2-5H3,(H,28,34)(H,29,32). The molecule has 36 heavy (non-hydrogen) atoms. The number of para-hydroxylation sites is 1. The van der Waals surface area contributed by atoms with Crippen molar-refractivity contribution in [1.29, 1.82) is 0 Å². The van der Waals surface area contributed by atoms with Crippen LogP contribution in [0.5, 0.6) is 5.75 Å². The molecule has 0 heterocycles. The molecule has 0 aromatic heterocycles. The highest BCUT2D eigenvalue weighted by atomic mass is 35.5. The molecule has 3 amide bonds. The normalized spacial score (nSPS) is 12.7. The number of nitrogens with zero attached hydrogens (tertiary/aromatic N) is 1. The molecule has 0 aliphatic carbocycles. The first kappa shape index (κ1) is 29.1. The minimum Gasteiger partial charge on any atom is -0.508 e. The summed E-state index contributed by atoms with van der Waals surface area (Å²) in [7, 11) is 0. The first-order valence-electron chi connectivity index (χ1n) is 11.2. The molecule has 2 rings (SSSR count). The van der Waals surface area contributed by atoms with Crippen molar-refractivity contribution in [2.24, 2.45) is 0 Å². The number of hydrogen-bond donors (Lipinski definition) is 4. The van der Waals surface area contributed by atoms with Crippen LogP contribution in [0.4, 0.5) is 10.5 Å². The van der Waals surface area contributed by atoms with Crippen LogP contribution >= 0.6 is 24.2 Å².